The maximum atomic E-state index is 13.4. The summed E-state index contributed by atoms with van der Waals surface area (Å²) in [4.78, 5) is 56.8. The number of nitrogens with zero attached hydrogens (tertiary/aromatic N) is 10. The number of hydrogen-bond donors (Lipinski definition) is 5. The third-order valence-corrected chi connectivity index (χ3v) is 11.4. The maximum Gasteiger partial charge on any atom is 0.421 e. The van der Waals surface area contributed by atoms with Crippen LogP contribution in [0.1, 0.15) is 47.4 Å². The molecule has 0 bridgehead atoms. The first-order valence-corrected chi connectivity index (χ1v) is 23.1. The lowest BCUT2D eigenvalue weighted by Gasteiger charge is -2.26. The number of azo groups is 2. The van der Waals surface area contributed by atoms with Crippen LogP contribution in [0.25, 0.3) is 0 Å². The van der Waals surface area contributed by atoms with E-state index in [0.717, 1.165) is 22.7 Å². The fraction of sp³-hybridized carbons (Fsp3) is 0.250. The predicted molar refractivity (Wildman–Crippen MR) is 274 cm³/mol. The van der Waals surface area contributed by atoms with Crippen LogP contribution in [-0.4, -0.2) is 100.0 Å². The summed E-state index contributed by atoms with van der Waals surface area (Å²) in [5.74, 6) is -0.0380. The molecule has 0 saturated carbocycles. The Kier molecular flexibility index (Phi) is 16.5. The molecular weight excluding hydrogens is 901 g/mol. The van der Waals surface area contributed by atoms with Gasteiger partial charge in [-0.15, -0.1) is 5.11 Å². The highest BCUT2D eigenvalue weighted by atomic mass is 16.3. The van der Waals surface area contributed by atoms with E-state index < -0.39 is 0 Å². The summed E-state index contributed by atoms with van der Waals surface area (Å²) in [7, 11) is 7.32. The van der Waals surface area contributed by atoms with Crippen LogP contribution in [0.15, 0.2) is 161 Å². The first-order chi connectivity index (χ1) is 34.2. The second-order valence-electron chi connectivity index (χ2n) is 17.1. The van der Waals surface area contributed by atoms with E-state index in [2.05, 4.69) is 46.6 Å². The molecule has 1 unspecified atom stereocenters. The van der Waals surface area contributed by atoms with Gasteiger partial charge in [-0.25, -0.2) is 9.13 Å². The molecule has 0 spiro atoms. The minimum absolute atomic E-state index is 0.0480. The zero-order valence-corrected chi connectivity index (χ0v) is 40.7. The highest BCUT2D eigenvalue weighted by molar-refractivity contribution is 5.97. The van der Waals surface area contributed by atoms with Gasteiger partial charge < -0.3 is 46.0 Å². The molecule has 0 fully saturated rings. The highest BCUT2D eigenvalue weighted by Crippen LogP contribution is 2.32. The minimum Gasteiger partial charge on any atom is -0.505 e. The Balaban J connectivity index is 0.831. The number of aryl methyl sites for hydroxylation is 2. The van der Waals surface area contributed by atoms with Crippen LogP contribution >= 0.6 is 0 Å². The maximum absolute atomic E-state index is 13.4. The lowest BCUT2D eigenvalue weighted by atomic mass is 10.1. The van der Waals surface area contributed by atoms with Crippen LogP contribution in [0.5, 0.6) is 5.75 Å². The lowest BCUT2D eigenvalue weighted by molar-refractivity contribution is -0.657. The average molecular weight is 960 g/mol. The Morgan fingerprint density at radius 2 is 1.13 bits per heavy atom. The number of anilines is 6. The first-order valence-electron chi connectivity index (χ1n) is 23.1. The zero-order valence-electron chi connectivity index (χ0n) is 40.7. The second kappa shape index (κ2) is 23.4. The van der Waals surface area contributed by atoms with E-state index in [1.165, 1.54) is 13.8 Å². The van der Waals surface area contributed by atoms with Crippen molar-refractivity contribution in [3.05, 3.63) is 151 Å². The Morgan fingerprint density at radius 3 is 1.66 bits per heavy atom. The van der Waals surface area contributed by atoms with Crippen molar-refractivity contribution < 1.29 is 28.9 Å². The molecule has 1 atom stereocenters. The van der Waals surface area contributed by atoms with Gasteiger partial charge in [0.2, 0.25) is 18.1 Å². The van der Waals surface area contributed by atoms with Crippen LogP contribution in [0.2, 0.25) is 0 Å². The molecular formula is C52H59N14O5+. The van der Waals surface area contributed by atoms with Crippen molar-refractivity contribution in [2.45, 2.75) is 39.5 Å². The van der Waals surface area contributed by atoms with Gasteiger partial charge in [0, 0.05) is 123 Å². The van der Waals surface area contributed by atoms with Gasteiger partial charge in [-0.1, -0.05) is 5.11 Å². The van der Waals surface area contributed by atoms with Gasteiger partial charge in [-0.3, -0.25) is 19.2 Å². The standard InChI is InChI=1S/C52H58N14O5/c1-36(67)53-40-13-17-42(18-14-40)55-43-21-23-45(24-22-43)57-59-51-63(5)31-33-65(51)29-7-27-61(3)49(70)38-9-11-39(12-10-38)50(71)62(4)28-8-30-66-34-32-64(6)52(66)60-58-47-26-25-46(35-48(47)69)56-44-19-15-41(16-20-44)54-37(2)68/h9-26,31-35,51H,7-8,27-30H2,1-6H3,(H4,53,54,55,56,57,58,59,67,68,69,70,71)/p+1. The van der Waals surface area contributed by atoms with Gasteiger partial charge in [0.1, 0.15) is 11.4 Å². The van der Waals surface area contributed by atoms with Crippen LogP contribution in [0.4, 0.5) is 51.4 Å². The van der Waals surface area contributed by atoms with Crippen molar-refractivity contribution in [3.63, 3.8) is 0 Å². The monoisotopic (exact) mass is 959 g/mol. The highest BCUT2D eigenvalue weighted by Gasteiger charge is 2.24. The Bertz CT molecular complexity index is 2900. The van der Waals surface area contributed by atoms with Gasteiger partial charge in [0.25, 0.3) is 11.8 Å². The third kappa shape index (κ3) is 13.9. The van der Waals surface area contributed by atoms with E-state index in [0.29, 0.717) is 78.8 Å². The molecule has 1 aromatic heterocycles. The molecule has 7 rings (SSSR count). The summed E-state index contributed by atoms with van der Waals surface area (Å²) in [5, 5.41) is 40.6. The Labute approximate surface area is 412 Å². The molecule has 6 aromatic rings. The van der Waals surface area contributed by atoms with Crippen LogP contribution < -0.4 is 25.8 Å². The molecule has 71 heavy (non-hydrogen) atoms. The second-order valence-corrected chi connectivity index (χ2v) is 17.1. The SMILES string of the molecule is CC(=O)Nc1ccc(Nc2ccc(N=NC3N(C)C=CN3CCCN(C)C(=O)c3ccc(C(=O)N(C)CCCn4cc[n+](C)c4N=Nc4ccc(Nc5ccc(NC(C)=O)cc5)cc4O)cc3)cc2)cc1. The number of hydrogen-bond acceptors (Lipinski definition) is 13. The van der Waals surface area contributed by atoms with Crippen LogP contribution in [0.3, 0.4) is 0 Å². The number of phenolic OH excluding ortho intramolecular Hbond substituents is 1. The number of aromatic hydroxyl groups is 1. The quantitative estimate of drug-likeness (QED) is 0.0365. The van der Waals surface area contributed by atoms with Gasteiger partial charge >= 0.3 is 5.95 Å². The predicted octanol–water partition coefficient (Wildman–Crippen LogP) is 9.25. The molecule has 1 aliphatic heterocycles. The van der Waals surface area contributed by atoms with E-state index in [1.54, 1.807) is 78.5 Å². The number of amides is 4. The van der Waals surface area contributed by atoms with Crippen molar-refractivity contribution in [3.8, 4) is 5.75 Å². The van der Waals surface area contributed by atoms with Crippen molar-refractivity contribution >= 4 is 75.1 Å². The largest absolute Gasteiger partial charge is 0.505 e. The first kappa shape index (κ1) is 50.0. The summed E-state index contributed by atoms with van der Waals surface area (Å²) in [6.07, 6.45) is 8.69. The van der Waals surface area contributed by atoms with E-state index in [1.807, 2.05) is 114 Å². The Hall–Kier alpha value is -8.87. The zero-order chi connectivity index (χ0) is 50.4. The Morgan fingerprint density at radius 1 is 0.634 bits per heavy atom. The third-order valence-electron chi connectivity index (χ3n) is 11.4. The van der Waals surface area contributed by atoms with Gasteiger partial charge in [0.05, 0.1) is 31.7 Å². The molecule has 1 aliphatic rings. The smallest absolute Gasteiger partial charge is 0.421 e. The van der Waals surface area contributed by atoms with E-state index in [-0.39, 0.29) is 35.7 Å². The molecule has 2 heterocycles. The van der Waals surface area contributed by atoms with Crippen molar-refractivity contribution in [1.82, 2.24) is 24.2 Å². The summed E-state index contributed by atoms with van der Waals surface area (Å²) in [6, 6.07) is 34.1. The number of imidazole rings is 1. The van der Waals surface area contributed by atoms with Crippen LogP contribution in [-0.2, 0) is 23.2 Å². The number of phenols is 1. The fourth-order valence-electron chi connectivity index (χ4n) is 7.63. The van der Waals surface area contributed by atoms with Gasteiger partial charge in [-0.2, -0.15) is 5.11 Å². The molecule has 19 nitrogen and oxygen atoms in total. The lowest BCUT2D eigenvalue weighted by Crippen LogP contribution is -2.36. The number of aromatic nitrogens is 2. The van der Waals surface area contributed by atoms with Crippen molar-refractivity contribution in [1.29, 1.82) is 0 Å². The van der Waals surface area contributed by atoms with E-state index >= 15 is 0 Å². The van der Waals surface area contributed by atoms with Crippen molar-refractivity contribution in [2.24, 2.45) is 27.5 Å². The summed E-state index contributed by atoms with van der Waals surface area (Å²) in [6.45, 7) is 5.13. The average Bonchev–Trinajstić information content (AvgIpc) is 3.90. The number of benzene rings is 5. The van der Waals surface area contributed by atoms with Crippen LogP contribution in [0, 0.1) is 0 Å². The van der Waals surface area contributed by atoms with Crippen molar-refractivity contribution in [2.75, 3.05) is 62.0 Å². The minimum atomic E-state index is -0.322. The van der Waals surface area contributed by atoms with Gasteiger partial charge in [0.15, 0.2) is 0 Å². The van der Waals surface area contributed by atoms with E-state index in [9.17, 15) is 24.3 Å². The molecule has 0 radical (unpaired) electrons. The molecule has 5 aromatic carbocycles. The van der Waals surface area contributed by atoms with Gasteiger partial charge in [-0.05, 0) is 122 Å². The molecule has 4 amide bonds. The molecule has 5 N–H and O–H groups in total. The molecule has 366 valence electrons. The fourth-order valence-corrected chi connectivity index (χ4v) is 7.63. The number of rotatable bonds is 20. The number of carbonyl (C=O) groups is 4. The molecule has 19 heteroatoms. The summed E-state index contributed by atoms with van der Waals surface area (Å²) >= 11 is 0. The number of carbonyl (C=O) groups excluding carboxylic acids is 4. The number of nitrogens with one attached hydrogen (secondary N) is 4. The normalized spacial score (nSPS) is 13.2. The summed E-state index contributed by atoms with van der Waals surface area (Å²) < 4.78 is 3.76. The molecule has 0 saturated heterocycles. The topological polar surface area (TPSA) is 208 Å². The summed E-state index contributed by atoms with van der Waals surface area (Å²) in [5.41, 5.74) is 6.62. The van der Waals surface area contributed by atoms with E-state index in [4.69, 9.17) is 0 Å². The molecule has 0 aliphatic carbocycles.